The van der Waals surface area contributed by atoms with Crippen molar-refractivity contribution in [2.75, 3.05) is 12.1 Å². The van der Waals surface area contributed by atoms with Crippen LogP contribution in [-0.4, -0.2) is 22.3 Å². The Morgan fingerprint density at radius 2 is 1.93 bits per heavy atom. The number of hydrogen-bond acceptors (Lipinski definition) is 5. The highest BCUT2D eigenvalue weighted by Gasteiger charge is 2.15. The molecule has 4 rings (SSSR count). The molecule has 0 unspecified atom stereocenters. The molecule has 1 aliphatic heterocycles. The van der Waals surface area contributed by atoms with E-state index in [0.717, 1.165) is 22.4 Å². The van der Waals surface area contributed by atoms with Gasteiger partial charge in [-0.1, -0.05) is 17.7 Å². The number of nitrogens with zero attached hydrogens (tertiary/aromatic N) is 2. The molecule has 3 aromatic rings. The molecule has 0 bridgehead atoms. The SMILES string of the molecule is Cc1ccc(NC(=O)Cn2cnc(-c3ccc4c(c3)OCO4)cc2=O)c(C)c1. The maximum atomic E-state index is 12.4. The Labute approximate surface area is 161 Å². The molecule has 0 spiro atoms. The maximum absolute atomic E-state index is 12.4. The number of ether oxygens (including phenoxy) is 2. The molecule has 1 N–H and O–H groups in total. The Balaban J connectivity index is 1.50. The van der Waals surface area contributed by atoms with Crippen LogP contribution in [0.25, 0.3) is 11.3 Å². The minimum absolute atomic E-state index is 0.111. The van der Waals surface area contributed by atoms with E-state index in [1.54, 1.807) is 12.1 Å². The Morgan fingerprint density at radius 3 is 2.71 bits per heavy atom. The zero-order valence-corrected chi connectivity index (χ0v) is 15.6. The van der Waals surface area contributed by atoms with Crippen LogP contribution < -0.4 is 20.3 Å². The fraction of sp³-hybridized carbons (Fsp3) is 0.190. The van der Waals surface area contributed by atoms with Crippen molar-refractivity contribution in [2.24, 2.45) is 0 Å². The molecule has 7 nitrogen and oxygen atoms in total. The van der Waals surface area contributed by atoms with Gasteiger partial charge in [-0.2, -0.15) is 0 Å². The van der Waals surface area contributed by atoms with E-state index in [1.165, 1.54) is 17.0 Å². The van der Waals surface area contributed by atoms with Crippen molar-refractivity contribution in [3.05, 3.63) is 70.3 Å². The van der Waals surface area contributed by atoms with Crippen LogP contribution in [0.2, 0.25) is 0 Å². The molecule has 0 radical (unpaired) electrons. The third-order valence-electron chi connectivity index (χ3n) is 4.52. The normalized spacial score (nSPS) is 12.1. The first-order valence-corrected chi connectivity index (χ1v) is 8.83. The van der Waals surface area contributed by atoms with Gasteiger partial charge in [-0.25, -0.2) is 4.98 Å². The second kappa shape index (κ2) is 7.19. The van der Waals surface area contributed by atoms with Crippen molar-refractivity contribution in [1.29, 1.82) is 0 Å². The van der Waals surface area contributed by atoms with Gasteiger partial charge < -0.3 is 14.8 Å². The first-order valence-electron chi connectivity index (χ1n) is 8.83. The number of carbonyl (C=O) groups is 1. The highest BCUT2D eigenvalue weighted by Crippen LogP contribution is 2.35. The van der Waals surface area contributed by atoms with Crippen molar-refractivity contribution in [1.82, 2.24) is 9.55 Å². The molecule has 0 saturated carbocycles. The molecule has 7 heteroatoms. The third-order valence-corrected chi connectivity index (χ3v) is 4.52. The second-order valence-corrected chi connectivity index (χ2v) is 6.67. The Morgan fingerprint density at radius 1 is 1.11 bits per heavy atom. The molecular formula is C21H19N3O4. The average molecular weight is 377 g/mol. The Bertz CT molecular complexity index is 1120. The number of aromatic nitrogens is 2. The van der Waals surface area contributed by atoms with Crippen LogP contribution in [-0.2, 0) is 11.3 Å². The zero-order chi connectivity index (χ0) is 19.7. The monoisotopic (exact) mass is 377 g/mol. The van der Waals surface area contributed by atoms with Crippen LogP contribution in [0.3, 0.4) is 0 Å². The molecule has 28 heavy (non-hydrogen) atoms. The number of aryl methyl sites for hydroxylation is 2. The van der Waals surface area contributed by atoms with Gasteiger partial charge in [-0.05, 0) is 43.7 Å². The number of carbonyl (C=O) groups excluding carboxylic acids is 1. The lowest BCUT2D eigenvalue weighted by Gasteiger charge is -2.10. The van der Waals surface area contributed by atoms with E-state index < -0.39 is 0 Å². The zero-order valence-electron chi connectivity index (χ0n) is 15.6. The van der Waals surface area contributed by atoms with Gasteiger partial charge in [0.1, 0.15) is 6.54 Å². The van der Waals surface area contributed by atoms with Gasteiger partial charge in [0.15, 0.2) is 11.5 Å². The maximum Gasteiger partial charge on any atom is 0.254 e. The molecule has 1 aromatic heterocycles. The van der Waals surface area contributed by atoms with Crippen LogP contribution in [0, 0.1) is 13.8 Å². The minimum atomic E-state index is -0.307. The third kappa shape index (κ3) is 3.59. The summed E-state index contributed by atoms with van der Waals surface area (Å²) in [7, 11) is 0. The summed E-state index contributed by atoms with van der Waals surface area (Å²) in [4.78, 5) is 29.1. The molecule has 142 valence electrons. The molecule has 0 atom stereocenters. The summed E-state index contributed by atoms with van der Waals surface area (Å²) in [5.74, 6) is 1.00. The molecule has 1 aliphatic rings. The van der Waals surface area contributed by atoms with Crippen molar-refractivity contribution in [3.8, 4) is 22.8 Å². The quantitative estimate of drug-likeness (QED) is 0.756. The van der Waals surface area contributed by atoms with Crippen LogP contribution in [0.5, 0.6) is 11.5 Å². The predicted octanol–water partition coefficient (Wildman–Crippen LogP) is 2.89. The van der Waals surface area contributed by atoms with Gasteiger partial charge >= 0.3 is 0 Å². The number of benzene rings is 2. The summed E-state index contributed by atoms with van der Waals surface area (Å²) in [6, 6.07) is 12.5. The lowest BCUT2D eigenvalue weighted by Crippen LogP contribution is -2.27. The van der Waals surface area contributed by atoms with Crippen molar-refractivity contribution >= 4 is 11.6 Å². The second-order valence-electron chi connectivity index (χ2n) is 6.67. The van der Waals surface area contributed by atoms with Crippen LogP contribution in [0.15, 0.2) is 53.6 Å². The minimum Gasteiger partial charge on any atom is -0.454 e. The number of anilines is 1. The predicted molar refractivity (Wildman–Crippen MR) is 105 cm³/mol. The first kappa shape index (κ1) is 17.8. The standard InChI is InChI=1S/C21H19N3O4/c1-13-3-5-16(14(2)7-13)23-20(25)10-24-11-22-17(9-21(24)26)15-4-6-18-19(8-15)28-12-27-18/h3-9,11H,10,12H2,1-2H3,(H,23,25). The van der Waals surface area contributed by atoms with E-state index in [-0.39, 0.29) is 24.8 Å². The van der Waals surface area contributed by atoms with E-state index in [2.05, 4.69) is 10.3 Å². The Kier molecular flexibility index (Phi) is 4.57. The van der Waals surface area contributed by atoms with Gasteiger partial charge in [0.2, 0.25) is 12.7 Å². The summed E-state index contributed by atoms with van der Waals surface area (Å²) >= 11 is 0. The Hall–Kier alpha value is -3.61. The van der Waals surface area contributed by atoms with Crippen LogP contribution >= 0.6 is 0 Å². The summed E-state index contributed by atoms with van der Waals surface area (Å²) in [6.45, 7) is 3.99. The van der Waals surface area contributed by atoms with E-state index in [1.807, 2.05) is 38.1 Å². The number of rotatable bonds is 4. The van der Waals surface area contributed by atoms with E-state index in [9.17, 15) is 9.59 Å². The summed E-state index contributed by atoms with van der Waals surface area (Å²) in [6.07, 6.45) is 1.38. The van der Waals surface area contributed by atoms with E-state index in [4.69, 9.17) is 9.47 Å². The number of nitrogens with one attached hydrogen (secondary N) is 1. The van der Waals surface area contributed by atoms with Crippen molar-refractivity contribution < 1.29 is 14.3 Å². The average Bonchev–Trinajstić information content (AvgIpc) is 3.13. The van der Waals surface area contributed by atoms with Gasteiger partial charge in [-0.3, -0.25) is 14.2 Å². The fourth-order valence-electron chi connectivity index (χ4n) is 3.06. The molecule has 1 amide bonds. The molecule has 0 aliphatic carbocycles. The number of amides is 1. The lowest BCUT2D eigenvalue weighted by atomic mass is 10.1. The highest BCUT2D eigenvalue weighted by atomic mass is 16.7. The molecule has 2 aromatic carbocycles. The summed E-state index contributed by atoms with van der Waals surface area (Å²) < 4.78 is 11.9. The lowest BCUT2D eigenvalue weighted by molar-refractivity contribution is -0.116. The van der Waals surface area contributed by atoms with E-state index in [0.29, 0.717) is 17.2 Å². The molecule has 0 fully saturated rings. The van der Waals surface area contributed by atoms with Gasteiger partial charge in [0, 0.05) is 17.3 Å². The first-order chi connectivity index (χ1) is 13.5. The summed E-state index contributed by atoms with van der Waals surface area (Å²) in [5, 5.41) is 2.83. The summed E-state index contributed by atoms with van der Waals surface area (Å²) in [5.41, 5.74) is 3.77. The van der Waals surface area contributed by atoms with Gasteiger partial charge in [-0.15, -0.1) is 0 Å². The number of fused-ring (bicyclic) bond motifs is 1. The fourth-order valence-corrected chi connectivity index (χ4v) is 3.06. The van der Waals surface area contributed by atoms with Gasteiger partial charge in [0.05, 0.1) is 12.0 Å². The highest BCUT2D eigenvalue weighted by molar-refractivity contribution is 5.91. The van der Waals surface area contributed by atoms with Crippen molar-refractivity contribution in [3.63, 3.8) is 0 Å². The topological polar surface area (TPSA) is 82.5 Å². The van der Waals surface area contributed by atoms with E-state index >= 15 is 0 Å². The van der Waals surface area contributed by atoms with Gasteiger partial charge in [0.25, 0.3) is 5.56 Å². The largest absolute Gasteiger partial charge is 0.454 e. The van der Waals surface area contributed by atoms with Crippen molar-refractivity contribution in [2.45, 2.75) is 20.4 Å². The number of hydrogen-bond donors (Lipinski definition) is 1. The smallest absolute Gasteiger partial charge is 0.254 e. The molecular weight excluding hydrogens is 358 g/mol. The van der Waals surface area contributed by atoms with Crippen LogP contribution in [0.1, 0.15) is 11.1 Å². The molecule has 2 heterocycles. The van der Waals surface area contributed by atoms with Crippen LogP contribution in [0.4, 0.5) is 5.69 Å². The molecule has 0 saturated heterocycles.